The van der Waals surface area contributed by atoms with Crippen molar-refractivity contribution in [2.45, 2.75) is 4.90 Å². The first kappa shape index (κ1) is 11.5. The summed E-state index contributed by atoms with van der Waals surface area (Å²) in [7, 11) is -4.33. The second-order valence-corrected chi connectivity index (χ2v) is 5.01. The van der Waals surface area contributed by atoms with E-state index >= 15 is 0 Å². The normalized spacial score (nSPS) is 11.8. The minimum Gasteiger partial charge on any atom is -0.505 e. The van der Waals surface area contributed by atoms with Gasteiger partial charge in [0.05, 0.1) is 10.6 Å². The number of nitrogens with two attached hydrogens (primary N) is 2. The smallest absolute Gasteiger partial charge is 0.294 e. The van der Waals surface area contributed by atoms with E-state index < -0.39 is 10.1 Å². The lowest BCUT2D eigenvalue weighted by atomic mass is 10.1. The van der Waals surface area contributed by atoms with Gasteiger partial charge in [0.2, 0.25) is 0 Å². The van der Waals surface area contributed by atoms with E-state index in [-0.39, 0.29) is 27.4 Å². The van der Waals surface area contributed by atoms with E-state index in [4.69, 9.17) is 16.0 Å². The Hall–Kier alpha value is -1.99. The van der Waals surface area contributed by atoms with Crippen LogP contribution in [0.5, 0.6) is 5.75 Å². The summed E-state index contributed by atoms with van der Waals surface area (Å²) in [6.07, 6.45) is 0. The molecule has 6 N–H and O–H groups in total. The molecule has 0 aliphatic carbocycles. The fourth-order valence-corrected chi connectivity index (χ4v) is 2.17. The van der Waals surface area contributed by atoms with Crippen molar-refractivity contribution in [2.75, 3.05) is 11.5 Å². The molecule has 0 saturated heterocycles. The third-order valence-electron chi connectivity index (χ3n) is 2.42. The molecule has 0 bridgehead atoms. The Kier molecular flexibility index (Phi) is 2.37. The molecule has 0 atom stereocenters. The topological polar surface area (TPSA) is 127 Å². The lowest BCUT2D eigenvalue weighted by molar-refractivity contribution is 0.481. The Bertz CT molecular complexity index is 710. The van der Waals surface area contributed by atoms with E-state index in [9.17, 15) is 13.5 Å². The van der Waals surface area contributed by atoms with Crippen molar-refractivity contribution in [2.24, 2.45) is 0 Å². The van der Waals surface area contributed by atoms with Gasteiger partial charge in [0, 0.05) is 11.1 Å². The van der Waals surface area contributed by atoms with Crippen LogP contribution < -0.4 is 11.5 Å². The zero-order chi connectivity index (χ0) is 12.8. The van der Waals surface area contributed by atoms with Crippen molar-refractivity contribution in [1.82, 2.24) is 0 Å². The number of rotatable bonds is 1. The Morgan fingerprint density at radius 2 is 1.71 bits per heavy atom. The van der Waals surface area contributed by atoms with E-state index in [0.717, 1.165) is 6.07 Å². The Balaban J connectivity index is 2.91. The maximum atomic E-state index is 11.0. The molecule has 90 valence electrons. The molecule has 2 aromatic rings. The van der Waals surface area contributed by atoms with Gasteiger partial charge in [-0.3, -0.25) is 4.55 Å². The lowest BCUT2D eigenvalue weighted by Gasteiger charge is -2.08. The summed E-state index contributed by atoms with van der Waals surface area (Å²) in [5.74, 6) is -0.207. The number of benzene rings is 2. The van der Waals surface area contributed by atoms with Gasteiger partial charge in [-0.2, -0.15) is 8.42 Å². The highest BCUT2D eigenvalue weighted by molar-refractivity contribution is 7.85. The van der Waals surface area contributed by atoms with Crippen LogP contribution >= 0.6 is 0 Å². The molecule has 0 spiro atoms. The Morgan fingerprint density at radius 1 is 1.06 bits per heavy atom. The summed E-state index contributed by atoms with van der Waals surface area (Å²) in [5, 5.41) is 10.4. The molecule has 0 heterocycles. The molecule has 0 amide bonds. The predicted octanol–water partition coefficient (Wildman–Crippen LogP) is 0.956. The third kappa shape index (κ3) is 1.85. The number of aromatic hydroxyl groups is 1. The van der Waals surface area contributed by atoms with Gasteiger partial charge in [0.15, 0.2) is 0 Å². The molecule has 2 rings (SSSR count). The highest BCUT2D eigenvalue weighted by Gasteiger charge is 2.15. The molecule has 0 saturated carbocycles. The standard InChI is InChI=1S/C10H10N2O4S/c11-7-2-1-5-3-6(17(14,15)16)4-8(12)9(5)10(7)13/h1-4,13H,11-12H2,(H,14,15,16). The molecule has 0 unspecified atom stereocenters. The quantitative estimate of drug-likeness (QED) is 0.341. The van der Waals surface area contributed by atoms with Gasteiger partial charge in [0.1, 0.15) is 5.75 Å². The first-order chi connectivity index (χ1) is 7.80. The van der Waals surface area contributed by atoms with Crippen LogP contribution in [0.15, 0.2) is 29.2 Å². The molecular weight excluding hydrogens is 244 g/mol. The number of fused-ring (bicyclic) bond motifs is 1. The van der Waals surface area contributed by atoms with Crippen molar-refractivity contribution >= 4 is 32.3 Å². The van der Waals surface area contributed by atoms with Gasteiger partial charge >= 0.3 is 0 Å². The predicted molar refractivity (Wildman–Crippen MR) is 64.3 cm³/mol. The van der Waals surface area contributed by atoms with Gasteiger partial charge in [-0.05, 0) is 23.6 Å². The zero-order valence-corrected chi connectivity index (χ0v) is 9.40. The van der Waals surface area contributed by atoms with Crippen LogP contribution in [0.3, 0.4) is 0 Å². The number of phenolic OH excluding ortho intramolecular Hbond substituents is 1. The van der Waals surface area contributed by atoms with Crippen molar-refractivity contribution in [1.29, 1.82) is 0 Å². The molecule has 7 heteroatoms. The van der Waals surface area contributed by atoms with Crippen LogP contribution in [-0.2, 0) is 10.1 Å². The van der Waals surface area contributed by atoms with Crippen LogP contribution in [0.1, 0.15) is 0 Å². The molecule has 0 fully saturated rings. The first-order valence-corrected chi connectivity index (χ1v) is 6.03. The fourth-order valence-electron chi connectivity index (χ4n) is 1.62. The van der Waals surface area contributed by atoms with Crippen LogP contribution in [-0.4, -0.2) is 18.1 Å². The fraction of sp³-hybridized carbons (Fsp3) is 0. The molecular formula is C10H10N2O4S. The van der Waals surface area contributed by atoms with Crippen molar-refractivity contribution < 1.29 is 18.1 Å². The largest absolute Gasteiger partial charge is 0.505 e. The summed E-state index contributed by atoms with van der Waals surface area (Å²) in [6.45, 7) is 0. The minimum atomic E-state index is -4.33. The summed E-state index contributed by atoms with van der Waals surface area (Å²) in [5.41, 5.74) is 11.3. The van der Waals surface area contributed by atoms with Gasteiger partial charge in [-0.15, -0.1) is 0 Å². The molecule has 0 aromatic heterocycles. The van der Waals surface area contributed by atoms with E-state index in [1.54, 1.807) is 0 Å². The van der Waals surface area contributed by atoms with E-state index in [2.05, 4.69) is 0 Å². The molecule has 0 aliphatic heterocycles. The zero-order valence-electron chi connectivity index (χ0n) is 8.58. The monoisotopic (exact) mass is 254 g/mol. The number of nitrogen functional groups attached to an aromatic ring is 2. The average molecular weight is 254 g/mol. The van der Waals surface area contributed by atoms with E-state index in [1.165, 1.54) is 18.2 Å². The van der Waals surface area contributed by atoms with Gasteiger partial charge in [-0.25, -0.2) is 0 Å². The van der Waals surface area contributed by atoms with E-state index in [1.807, 2.05) is 0 Å². The molecule has 2 aromatic carbocycles. The maximum absolute atomic E-state index is 11.0. The Morgan fingerprint density at radius 3 is 2.29 bits per heavy atom. The highest BCUT2D eigenvalue weighted by Crippen LogP contribution is 2.36. The highest BCUT2D eigenvalue weighted by atomic mass is 32.2. The molecule has 17 heavy (non-hydrogen) atoms. The molecule has 6 nitrogen and oxygen atoms in total. The SMILES string of the molecule is Nc1ccc2cc(S(=O)(=O)O)cc(N)c2c1O. The van der Waals surface area contributed by atoms with Crippen molar-refractivity contribution in [3.05, 3.63) is 24.3 Å². The molecule has 0 radical (unpaired) electrons. The second-order valence-electron chi connectivity index (χ2n) is 3.59. The first-order valence-electron chi connectivity index (χ1n) is 4.59. The maximum Gasteiger partial charge on any atom is 0.294 e. The van der Waals surface area contributed by atoms with Gasteiger partial charge in [-0.1, -0.05) is 6.07 Å². The average Bonchev–Trinajstić information content (AvgIpc) is 2.21. The van der Waals surface area contributed by atoms with Crippen LogP contribution in [0.4, 0.5) is 11.4 Å². The number of hydrogen-bond acceptors (Lipinski definition) is 5. The Labute approximate surface area is 97.2 Å². The minimum absolute atomic E-state index is 0.0277. The van der Waals surface area contributed by atoms with E-state index in [0.29, 0.717) is 5.39 Å². The summed E-state index contributed by atoms with van der Waals surface area (Å²) >= 11 is 0. The van der Waals surface area contributed by atoms with Crippen molar-refractivity contribution in [3.63, 3.8) is 0 Å². The third-order valence-corrected chi connectivity index (χ3v) is 3.25. The summed E-state index contributed by atoms with van der Waals surface area (Å²) in [4.78, 5) is -0.327. The van der Waals surface area contributed by atoms with Crippen LogP contribution in [0.2, 0.25) is 0 Å². The number of anilines is 2. The van der Waals surface area contributed by atoms with Crippen LogP contribution in [0.25, 0.3) is 10.8 Å². The summed E-state index contributed by atoms with van der Waals surface area (Å²) in [6, 6.07) is 5.21. The second kappa shape index (κ2) is 3.51. The van der Waals surface area contributed by atoms with Crippen molar-refractivity contribution in [3.8, 4) is 5.75 Å². The van der Waals surface area contributed by atoms with Gasteiger partial charge < -0.3 is 16.6 Å². The number of phenols is 1. The van der Waals surface area contributed by atoms with Crippen LogP contribution in [0, 0.1) is 0 Å². The molecule has 0 aliphatic rings. The number of hydrogen-bond donors (Lipinski definition) is 4. The summed E-state index contributed by atoms with van der Waals surface area (Å²) < 4.78 is 30.9. The lowest BCUT2D eigenvalue weighted by Crippen LogP contribution is -2.00. The van der Waals surface area contributed by atoms with Gasteiger partial charge in [0.25, 0.3) is 10.1 Å².